The highest BCUT2D eigenvalue weighted by Crippen LogP contribution is 2.21. The lowest BCUT2D eigenvalue weighted by atomic mass is 10.4. The second-order valence-corrected chi connectivity index (χ2v) is 9.14. The van der Waals surface area contributed by atoms with Crippen LogP contribution in [0.25, 0.3) is 0 Å². The number of nitrogens with one attached hydrogen (secondary N) is 1. The summed E-state index contributed by atoms with van der Waals surface area (Å²) in [4.78, 5) is 3.86. The first-order chi connectivity index (χ1) is 8.28. The van der Waals surface area contributed by atoms with Crippen molar-refractivity contribution in [2.75, 3.05) is 16.2 Å². The molecule has 2 rings (SSSR count). The number of nitrogens with zero attached hydrogens (tertiary/aromatic N) is 1. The maximum atomic E-state index is 12.0. The minimum absolute atomic E-state index is 0.0789. The van der Waals surface area contributed by atoms with Gasteiger partial charge in [-0.15, -0.1) is 0 Å². The summed E-state index contributed by atoms with van der Waals surface area (Å²) in [7, 11) is -6.94. The van der Waals surface area contributed by atoms with Crippen LogP contribution in [0.3, 0.4) is 0 Å². The maximum absolute atomic E-state index is 12.0. The highest BCUT2D eigenvalue weighted by Gasteiger charge is 2.37. The Morgan fingerprint density at radius 2 is 2.17 bits per heavy atom. The van der Waals surface area contributed by atoms with Crippen LogP contribution in [-0.2, 0) is 19.9 Å². The van der Waals surface area contributed by atoms with E-state index in [0.29, 0.717) is 4.47 Å². The van der Waals surface area contributed by atoms with Crippen LogP contribution in [0.15, 0.2) is 22.8 Å². The molecule has 1 aliphatic rings. The molecule has 1 atom stereocenters. The second-order valence-electron chi connectivity index (χ2n) is 4.03. The molecule has 1 aromatic rings. The van der Waals surface area contributed by atoms with Crippen molar-refractivity contribution in [2.24, 2.45) is 0 Å². The van der Waals surface area contributed by atoms with E-state index in [2.05, 4.69) is 25.6 Å². The molecule has 1 unspecified atom stereocenters. The van der Waals surface area contributed by atoms with Crippen LogP contribution in [-0.4, -0.2) is 38.6 Å². The lowest BCUT2D eigenvalue weighted by Gasteiger charge is -2.11. The Balaban J connectivity index is 2.18. The number of hydrogen-bond donors (Lipinski definition) is 1. The molecule has 0 spiro atoms. The average molecular weight is 355 g/mol. The number of pyridine rings is 1. The molecule has 18 heavy (non-hydrogen) atoms. The van der Waals surface area contributed by atoms with Crippen LogP contribution in [0.4, 0.5) is 5.82 Å². The van der Waals surface area contributed by atoms with Crippen LogP contribution in [0.1, 0.15) is 6.42 Å². The van der Waals surface area contributed by atoms with Gasteiger partial charge in [0.15, 0.2) is 9.84 Å². The number of sulfonamides is 1. The quantitative estimate of drug-likeness (QED) is 0.865. The summed E-state index contributed by atoms with van der Waals surface area (Å²) in [5, 5.41) is -0.900. The molecule has 100 valence electrons. The fourth-order valence-electron chi connectivity index (χ4n) is 1.70. The fourth-order valence-corrected chi connectivity index (χ4v) is 6.06. The van der Waals surface area contributed by atoms with Gasteiger partial charge in [0, 0.05) is 10.7 Å². The Hall–Kier alpha value is -0.670. The first kappa shape index (κ1) is 13.8. The first-order valence-electron chi connectivity index (χ1n) is 5.12. The van der Waals surface area contributed by atoms with Gasteiger partial charge in [0.25, 0.3) is 0 Å². The van der Waals surface area contributed by atoms with Gasteiger partial charge in [0.2, 0.25) is 10.0 Å². The van der Waals surface area contributed by atoms with Crippen LogP contribution < -0.4 is 4.72 Å². The fraction of sp³-hybridized carbons (Fsp3) is 0.444. The summed E-state index contributed by atoms with van der Waals surface area (Å²) >= 11 is 3.20. The third-order valence-electron chi connectivity index (χ3n) is 2.60. The van der Waals surface area contributed by atoms with Crippen molar-refractivity contribution in [3.63, 3.8) is 0 Å². The molecule has 0 bridgehead atoms. The van der Waals surface area contributed by atoms with Gasteiger partial charge in [-0.1, -0.05) is 15.9 Å². The maximum Gasteiger partial charge on any atom is 0.237 e. The third kappa shape index (κ3) is 3.21. The molecule has 1 aromatic heterocycles. The lowest BCUT2D eigenvalue weighted by Crippen LogP contribution is -2.29. The lowest BCUT2D eigenvalue weighted by molar-refractivity contribution is 0.587. The second kappa shape index (κ2) is 4.78. The summed E-state index contributed by atoms with van der Waals surface area (Å²) in [6, 6.07) is 3.18. The van der Waals surface area contributed by atoms with E-state index >= 15 is 0 Å². The standard InChI is InChI=1S/C9H11BrN2O4S2/c10-7-1-3-11-9(5-7)12-18(15,16)8-2-4-17(13,14)6-8/h1,3,5,8H,2,4,6H2,(H,11,12). The summed E-state index contributed by atoms with van der Waals surface area (Å²) in [5.41, 5.74) is 0. The van der Waals surface area contributed by atoms with Gasteiger partial charge >= 0.3 is 0 Å². The molecular formula is C9H11BrN2O4S2. The molecule has 1 saturated heterocycles. The summed E-state index contributed by atoms with van der Waals surface area (Å²) in [6.07, 6.45) is 1.58. The molecule has 0 saturated carbocycles. The Morgan fingerprint density at radius 1 is 1.44 bits per heavy atom. The largest absolute Gasteiger partial charge is 0.267 e. The van der Waals surface area contributed by atoms with E-state index in [4.69, 9.17) is 0 Å². The monoisotopic (exact) mass is 354 g/mol. The van der Waals surface area contributed by atoms with Gasteiger partial charge in [-0.2, -0.15) is 0 Å². The molecule has 9 heteroatoms. The number of rotatable bonds is 3. The Kier molecular flexibility index (Phi) is 3.65. The Bertz CT molecular complexity index is 657. The zero-order valence-electron chi connectivity index (χ0n) is 9.21. The molecule has 1 N–H and O–H groups in total. The van der Waals surface area contributed by atoms with Gasteiger partial charge in [-0.25, -0.2) is 21.8 Å². The number of sulfone groups is 1. The van der Waals surface area contributed by atoms with Crippen LogP contribution in [0, 0.1) is 0 Å². The zero-order chi connectivity index (χ0) is 13.4. The van der Waals surface area contributed by atoms with Crippen LogP contribution >= 0.6 is 15.9 Å². The van der Waals surface area contributed by atoms with Crippen molar-refractivity contribution in [1.29, 1.82) is 0 Å². The number of halogens is 1. The third-order valence-corrected chi connectivity index (χ3v) is 6.84. The molecule has 1 fully saturated rings. The molecule has 2 heterocycles. The van der Waals surface area contributed by atoms with Gasteiger partial charge in [0.05, 0.1) is 16.8 Å². The normalized spacial score (nSPS) is 22.8. The molecule has 1 aliphatic heterocycles. The van der Waals surface area contributed by atoms with Crippen molar-refractivity contribution in [2.45, 2.75) is 11.7 Å². The first-order valence-corrected chi connectivity index (χ1v) is 9.28. The van der Waals surface area contributed by atoms with Crippen molar-refractivity contribution in [3.05, 3.63) is 22.8 Å². The van der Waals surface area contributed by atoms with Crippen LogP contribution in [0.2, 0.25) is 0 Å². The average Bonchev–Trinajstić information content (AvgIpc) is 2.59. The minimum Gasteiger partial charge on any atom is -0.267 e. The predicted octanol–water partition coefficient (Wildman–Crippen LogP) is 0.773. The van der Waals surface area contributed by atoms with Gasteiger partial charge in [-0.3, -0.25) is 4.72 Å². The molecule has 6 nitrogen and oxygen atoms in total. The van der Waals surface area contributed by atoms with Crippen molar-refractivity contribution < 1.29 is 16.8 Å². The van der Waals surface area contributed by atoms with Crippen molar-refractivity contribution >= 4 is 41.6 Å². The van der Waals surface area contributed by atoms with Crippen molar-refractivity contribution in [1.82, 2.24) is 4.98 Å². The van der Waals surface area contributed by atoms with E-state index in [9.17, 15) is 16.8 Å². The molecule has 0 aliphatic carbocycles. The number of hydrogen-bond acceptors (Lipinski definition) is 5. The molecule has 0 amide bonds. The number of anilines is 1. The number of aromatic nitrogens is 1. The summed E-state index contributed by atoms with van der Waals surface area (Å²) in [5.74, 6) is -0.227. The molecular weight excluding hydrogens is 344 g/mol. The van der Waals surface area contributed by atoms with E-state index in [1.807, 2.05) is 0 Å². The van der Waals surface area contributed by atoms with E-state index in [1.165, 1.54) is 12.3 Å². The highest BCUT2D eigenvalue weighted by molar-refractivity contribution is 9.10. The Labute approximate surface area is 114 Å². The smallest absolute Gasteiger partial charge is 0.237 e. The van der Waals surface area contributed by atoms with Crippen LogP contribution in [0.5, 0.6) is 0 Å². The van der Waals surface area contributed by atoms with E-state index in [1.54, 1.807) is 6.07 Å². The minimum atomic E-state index is -3.71. The van der Waals surface area contributed by atoms with Gasteiger partial charge in [0.1, 0.15) is 5.82 Å². The predicted molar refractivity (Wildman–Crippen MR) is 71.5 cm³/mol. The van der Waals surface area contributed by atoms with Gasteiger partial charge < -0.3 is 0 Å². The molecule has 0 radical (unpaired) electrons. The topological polar surface area (TPSA) is 93.2 Å². The van der Waals surface area contributed by atoms with Crippen molar-refractivity contribution in [3.8, 4) is 0 Å². The Morgan fingerprint density at radius 3 is 2.72 bits per heavy atom. The zero-order valence-corrected chi connectivity index (χ0v) is 12.4. The highest BCUT2D eigenvalue weighted by atomic mass is 79.9. The SMILES string of the molecule is O=S1(=O)CCC(S(=O)(=O)Nc2cc(Br)ccn2)C1. The summed E-state index contributed by atoms with van der Waals surface area (Å²) in [6.45, 7) is 0. The molecule has 0 aromatic carbocycles. The van der Waals surface area contributed by atoms with E-state index in [0.717, 1.165) is 0 Å². The van der Waals surface area contributed by atoms with E-state index < -0.39 is 25.1 Å². The van der Waals surface area contributed by atoms with Gasteiger partial charge in [-0.05, 0) is 18.6 Å². The summed E-state index contributed by atoms with van der Waals surface area (Å²) < 4.78 is 49.5. The van der Waals surface area contributed by atoms with E-state index in [-0.39, 0.29) is 23.7 Å².